The summed E-state index contributed by atoms with van der Waals surface area (Å²) in [6.07, 6.45) is 0. The summed E-state index contributed by atoms with van der Waals surface area (Å²) in [4.78, 5) is 27.7. The van der Waals surface area contributed by atoms with Crippen LogP contribution in [0.25, 0.3) is 10.2 Å². The molecule has 0 spiro atoms. The first kappa shape index (κ1) is 19.2. The van der Waals surface area contributed by atoms with Gasteiger partial charge >= 0.3 is 0 Å². The molecule has 1 heterocycles. The Morgan fingerprint density at radius 1 is 1.37 bits per heavy atom. The van der Waals surface area contributed by atoms with Crippen LogP contribution in [-0.4, -0.2) is 29.1 Å². The van der Waals surface area contributed by atoms with Gasteiger partial charge in [0.25, 0.3) is 11.6 Å². The van der Waals surface area contributed by atoms with Gasteiger partial charge in [-0.1, -0.05) is 29.0 Å². The number of nitro groups is 1. The number of rotatable bonds is 5. The minimum absolute atomic E-state index is 0.151. The number of halogens is 1. The van der Waals surface area contributed by atoms with Crippen LogP contribution < -0.4 is 4.80 Å². The van der Waals surface area contributed by atoms with Crippen molar-refractivity contribution in [2.24, 2.45) is 4.99 Å². The largest absolute Gasteiger partial charge is 0.383 e. The van der Waals surface area contributed by atoms with Gasteiger partial charge < -0.3 is 9.30 Å². The lowest BCUT2D eigenvalue weighted by Gasteiger charge is -2.07. The van der Waals surface area contributed by atoms with Gasteiger partial charge in [0.2, 0.25) is 0 Å². The second-order valence-corrected chi connectivity index (χ2v) is 7.19. The molecule has 0 aliphatic heterocycles. The van der Waals surface area contributed by atoms with Gasteiger partial charge in [-0.3, -0.25) is 14.9 Å². The lowest BCUT2D eigenvalue weighted by molar-refractivity contribution is -0.384. The third-order valence-electron chi connectivity index (χ3n) is 4.05. The van der Waals surface area contributed by atoms with Gasteiger partial charge in [0.1, 0.15) is 0 Å². The number of aromatic nitrogens is 1. The van der Waals surface area contributed by atoms with E-state index < -0.39 is 10.8 Å². The van der Waals surface area contributed by atoms with Crippen molar-refractivity contribution in [3.05, 3.63) is 67.5 Å². The van der Waals surface area contributed by atoms with Crippen LogP contribution in [0.2, 0.25) is 5.02 Å². The molecule has 1 amide bonds. The van der Waals surface area contributed by atoms with Crippen molar-refractivity contribution < 1.29 is 14.5 Å². The standard InChI is InChI=1S/C18H16ClN3O4S/c1-11-14(19)6-7-15-16(11)21(8-9-26-2)18(27-15)20-17(23)12-4-3-5-13(10-12)22(24)25/h3-7,10H,8-9H2,1-2H3. The molecule has 1 aromatic heterocycles. The number of hydrogen-bond donors (Lipinski definition) is 0. The highest BCUT2D eigenvalue weighted by Crippen LogP contribution is 2.27. The van der Waals surface area contributed by atoms with Crippen molar-refractivity contribution in [1.29, 1.82) is 0 Å². The second-order valence-electron chi connectivity index (χ2n) is 5.77. The average Bonchev–Trinajstić information content (AvgIpc) is 3.00. The van der Waals surface area contributed by atoms with Gasteiger partial charge in [0.05, 0.1) is 21.7 Å². The van der Waals surface area contributed by atoms with Gasteiger partial charge in [-0.05, 0) is 30.7 Å². The molecule has 0 aliphatic rings. The number of thiazole rings is 1. The molecule has 0 saturated heterocycles. The molecular formula is C18H16ClN3O4S. The van der Waals surface area contributed by atoms with Gasteiger partial charge in [0.15, 0.2) is 4.80 Å². The van der Waals surface area contributed by atoms with E-state index in [-0.39, 0.29) is 11.3 Å². The molecule has 0 unspecified atom stereocenters. The first-order valence-corrected chi connectivity index (χ1v) is 9.22. The third-order valence-corrected chi connectivity index (χ3v) is 5.50. The minimum atomic E-state index is -0.542. The average molecular weight is 406 g/mol. The number of carbonyl (C=O) groups excluding carboxylic acids is 1. The van der Waals surface area contributed by atoms with E-state index in [1.54, 1.807) is 7.11 Å². The van der Waals surface area contributed by atoms with E-state index >= 15 is 0 Å². The number of non-ortho nitro benzene ring substituents is 1. The zero-order valence-corrected chi connectivity index (χ0v) is 16.2. The molecule has 0 aliphatic carbocycles. The van der Waals surface area contributed by atoms with Crippen molar-refractivity contribution in [1.82, 2.24) is 4.57 Å². The smallest absolute Gasteiger partial charge is 0.279 e. The Hall–Kier alpha value is -2.55. The van der Waals surface area contributed by atoms with E-state index in [1.165, 1.54) is 35.6 Å². The maximum atomic E-state index is 12.6. The molecule has 3 aromatic rings. The molecule has 7 nitrogen and oxygen atoms in total. The van der Waals surface area contributed by atoms with Crippen LogP contribution in [0.15, 0.2) is 41.4 Å². The fourth-order valence-corrected chi connectivity index (χ4v) is 3.96. The number of benzene rings is 2. The molecule has 140 valence electrons. The van der Waals surface area contributed by atoms with Gasteiger partial charge in [-0.25, -0.2) is 0 Å². The Bertz CT molecular complexity index is 1100. The van der Waals surface area contributed by atoms with Crippen molar-refractivity contribution >= 4 is 44.7 Å². The van der Waals surface area contributed by atoms with Crippen molar-refractivity contribution in [3.63, 3.8) is 0 Å². The van der Waals surface area contributed by atoms with Crippen LogP contribution in [0, 0.1) is 17.0 Å². The van der Waals surface area contributed by atoms with E-state index in [2.05, 4.69) is 4.99 Å². The van der Waals surface area contributed by atoms with Crippen LogP contribution in [0.3, 0.4) is 0 Å². The number of methoxy groups -OCH3 is 1. The Balaban J connectivity index is 2.15. The predicted octanol–water partition coefficient (Wildman–Crippen LogP) is 3.96. The Morgan fingerprint density at radius 3 is 2.85 bits per heavy atom. The molecular weight excluding hydrogens is 390 g/mol. The maximum absolute atomic E-state index is 12.6. The number of aryl methyl sites for hydroxylation is 1. The first-order chi connectivity index (χ1) is 12.9. The number of nitrogens with zero attached hydrogens (tertiary/aromatic N) is 3. The summed E-state index contributed by atoms with van der Waals surface area (Å²) >= 11 is 7.61. The molecule has 2 aromatic carbocycles. The molecule has 0 fully saturated rings. The van der Waals surface area contributed by atoms with E-state index in [9.17, 15) is 14.9 Å². The van der Waals surface area contributed by atoms with E-state index in [1.807, 2.05) is 23.6 Å². The van der Waals surface area contributed by atoms with E-state index in [4.69, 9.17) is 16.3 Å². The van der Waals surface area contributed by atoms with Crippen molar-refractivity contribution in [2.75, 3.05) is 13.7 Å². The van der Waals surface area contributed by atoms with Crippen LogP contribution >= 0.6 is 22.9 Å². The molecule has 27 heavy (non-hydrogen) atoms. The molecule has 0 radical (unpaired) electrons. The zero-order valence-electron chi connectivity index (χ0n) is 14.6. The molecule has 0 saturated carbocycles. The SMILES string of the molecule is COCCn1c(=NC(=O)c2cccc([N+](=O)[O-])c2)sc2ccc(Cl)c(C)c21. The summed E-state index contributed by atoms with van der Waals surface area (Å²) < 4.78 is 8.00. The summed E-state index contributed by atoms with van der Waals surface area (Å²) in [5.74, 6) is -0.542. The lowest BCUT2D eigenvalue weighted by Crippen LogP contribution is -2.19. The highest BCUT2D eigenvalue weighted by Gasteiger charge is 2.14. The molecule has 0 N–H and O–H groups in total. The number of carbonyl (C=O) groups is 1. The number of hydrogen-bond acceptors (Lipinski definition) is 5. The third kappa shape index (κ3) is 3.92. The topological polar surface area (TPSA) is 86.7 Å². The first-order valence-electron chi connectivity index (χ1n) is 8.03. The zero-order chi connectivity index (χ0) is 19.6. The van der Waals surface area contributed by atoms with Crippen molar-refractivity contribution in [3.8, 4) is 0 Å². The normalized spacial score (nSPS) is 11.9. The quantitative estimate of drug-likeness (QED) is 0.474. The van der Waals surface area contributed by atoms with Crippen LogP contribution in [0.1, 0.15) is 15.9 Å². The van der Waals surface area contributed by atoms with Gasteiger partial charge in [-0.15, -0.1) is 0 Å². The predicted molar refractivity (Wildman–Crippen MR) is 104 cm³/mol. The number of amides is 1. The minimum Gasteiger partial charge on any atom is -0.383 e. The Morgan fingerprint density at radius 2 is 2.15 bits per heavy atom. The van der Waals surface area contributed by atoms with Crippen molar-refractivity contribution in [2.45, 2.75) is 13.5 Å². The number of fused-ring (bicyclic) bond motifs is 1. The fraction of sp³-hybridized carbons (Fsp3) is 0.222. The summed E-state index contributed by atoms with van der Waals surface area (Å²) in [5.41, 5.74) is 1.80. The van der Waals surface area contributed by atoms with Crippen LogP contribution in [-0.2, 0) is 11.3 Å². The Kier molecular flexibility index (Phi) is 5.69. The summed E-state index contributed by atoms with van der Waals surface area (Å²) in [7, 11) is 1.60. The maximum Gasteiger partial charge on any atom is 0.279 e. The van der Waals surface area contributed by atoms with E-state index in [0.29, 0.717) is 23.0 Å². The van der Waals surface area contributed by atoms with Crippen LogP contribution in [0.5, 0.6) is 0 Å². The molecule has 0 bridgehead atoms. The summed E-state index contributed by atoms with van der Waals surface area (Å²) in [5, 5.41) is 11.6. The Labute approximate surface area is 163 Å². The molecule has 9 heteroatoms. The lowest BCUT2D eigenvalue weighted by atomic mass is 10.2. The second kappa shape index (κ2) is 7.99. The number of nitro benzene ring substituents is 1. The number of ether oxygens (including phenoxy) is 1. The molecule has 3 rings (SSSR count). The monoisotopic (exact) mass is 405 g/mol. The molecule has 0 atom stereocenters. The van der Waals surface area contributed by atoms with Gasteiger partial charge in [0, 0.05) is 36.4 Å². The van der Waals surface area contributed by atoms with Gasteiger partial charge in [-0.2, -0.15) is 4.99 Å². The summed E-state index contributed by atoms with van der Waals surface area (Å²) in [6.45, 7) is 2.85. The summed E-state index contributed by atoms with van der Waals surface area (Å²) in [6, 6.07) is 9.22. The van der Waals surface area contributed by atoms with Crippen LogP contribution in [0.4, 0.5) is 5.69 Å². The highest BCUT2D eigenvalue weighted by molar-refractivity contribution is 7.16. The highest BCUT2D eigenvalue weighted by atomic mass is 35.5. The fourth-order valence-electron chi connectivity index (χ4n) is 2.69. The van der Waals surface area contributed by atoms with E-state index in [0.717, 1.165) is 15.8 Å².